The second kappa shape index (κ2) is 9.73. The average Bonchev–Trinajstić information content (AvgIpc) is 2.76. The molecule has 2 aromatic rings. The fourth-order valence-corrected chi connectivity index (χ4v) is 3.92. The minimum Gasteiger partial charge on any atom is -0.395 e. The minimum absolute atomic E-state index is 0.0467. The van der Waals surface area contributed by atoms with E-state index in [9.17, 15) is 10.2 Å². The normalized spacial score (nSPS) is 16.7. The monoisotopic (exact) mass is 394 g/mol. The van der Waals surface area contributed by atoms with Gasteiger partial charge in [-0.2, -0.15) is 0 Å². The van der Waals surface area contributed by atoms with E-state index in [0.29, 0.717) is 0 Å². The van der Waals surface area contributed by atoms with Crippen molar-refractivity contribution < 1.29 is 10.2 Å². The number of hydrogen-bond acceptors (Lipinski definition) is 2. The van der Waals surface area contributed by atoms with Gasteiger partial charge < -0.3 is 10.2 Å². The molecule has 2 nitrogen and oxygen atoms in total. The maximum absolute atomic E-state index is 10.1. The molecule has 3 atom stereocenters. The van der Waals surface area contributed by atoms with E-state index in [1.54, 1.807) is 0 Å². The molecule has 2 aromatic carbocycles. The molecule has 29 heavy (non-hydrogen) atoms. The van der Waals surface area contributed by atoms with Crippen molar-refractivity contribution in [3.05, 3.63) is 82.9 Å². The lowest BCUT2D eigenvalue weighted by molar-refractivity contribution is 0.201. The Labute approximate surface area is 177 Å². The molecule has 0 amide bonds. The van der Waals surface area contributed by atoms with Crippen molar-refractivity contribution in [3.8, 4) is 0 Å². The number of rotatable bonds is 10. The van der Waals surface area contributed by atoms with Crippen molar-refractivity contribution >= 4 is 0 Å². The molecule has 2 rings (SSSR count). The maximum atomic E-state index is 10.1. The molecule has 0 aromatic heterocycles. The van der Waals surface area contributed by atoms with Crippen LogP contribution in [-0.2, 0) is 10.8 Å². The molecule has 0 aliphatic rings. The molecule has 0 spiro atoms. The summed E-state index contributed by atoms with van der Waals surface area (Å²) in [6.07, 6.45) is 3.04. The number of hydrogen-bond donors (Lipinski definition) is 2. The molecule has 0 fully saturated rings. The third-order valence-corrected chi connectivity index (χ3v) is 6.88. The molecule has 0 aliphatic heterocycles. The lowest BCUT2D eigenvalue weighted by Crippen LogP contribution is -2.28. The van der Waals surface area contributed by atoms with E-state index >= 15 is 0 Å². The number of aliphatic hydroxyl groups is 2. The van der Waals surface area contributed by atoms with Crippen LogP contribution in [0.3, 0.4) is 0 Å². The molecule has 158 valence electrons. The summed E-state index contributed by atoms with van der Waals surface area (Å²) in [5, 5.41) is 20.0. The Morgan fingerprint density at radius 2 is 1.48 bits per heavy atom. The molecule has 3 unspecified atom stereocenters. The zero-order valence-corrected chi connectivity index (χ0v) is 18.8. The molecular weight excluding hydrogens is 356 g/mol. The van der Waals surface area contributed by atoms with Crippen LogP contribution in [0.4, 0.5) is 0 Å². The van der Waals surface area contributed by atoms with Gasteiger partial charge in [-0.05, 0) is 48.9 Å². The van der Waals surface area contributed by atoms with Crippen molar-refractivity contribution in [1.82, 2.24) is 0 Å². The standard InChI is InChI=1S/C27H38O2/c1-7-11-25(21-12-9-14-23(16-21)26(5,8-2)18-28)22-13-10-15-24(17-22)27(6,19-29)20(3)4/h9-10,12-17,25,28-29H,3,7-8,11,18-19H2,1-2,4-6H3. The van der Waals surface area contributed by atoms with Gasteiger partial charge in [-0.25, -0.2) is 0 Å². The van der Waals surface area contributed by atoms with Crippen molar-refractivity contribution in [2.24, 2.45) is 0 Å². The second-order valence-electron chi connectivity index (χ2n) is 8.94. The van der Waals surface area contributed by atoms with Crippen LogP contribution in [0.25, 0.3) is 0 Å². The Hall–Kier alpha value is -1.90. The lowest BCUT2D eigenvalue weighted by atomic mass is 9.75. The Bertz CT molecular complexity index is 819. The Kier molecular flexibility index (Phi) is 7.85. The van der Waals surface area contributed by atoms with Gasteiger partial charge in [0.05, 0.1) is 13.2 Å². The summed E-state index contributed by atoms with van der Waals surface area (Å²) in [6.45, 7) is 14.8. The fraction of sp³-hybridized carbons (Fsp3) is 0.481. The quantitative estimate of drug-likeness (QED) is 0.478. The molecule has 0 saturated carbocycles. The summed E-state index contributed by atoms with van der Waals surface area (Å²) >= 11 is 0. The minimum atomic E-state index is -0.438. The molecule has 0 radical (unpaired) electrons. The van der Waals surface area contributed by atoms with Gasteiger partial charge in [0.1, 0.15) is 0 Å². The van der Waals surface area contributed by atoms with Crippen LogP contribution in [0.5, 0.6) is 0 Å². The van der Waals surface area contributed by atoms with Crippen LogP contribution in [0.1, 0.15) is 82.1 Å². The highest BCUT2D eigenvalue weighted by molar-refractivity contribution is 5.42. The molecule has 2 N–H and O–H groups in total. The number of benzene rings is 2. The van der Waals surface area contributed by atoms with E-state index in [4.69, 9.17) is 0 Å². The van der Waals surface area contributed by atoms with Crippen molar-refractivity contribution in [2.45, 2.75) is 70.6 Å². The summed E-state index contributed by atoms with van der Waals surface area (Å²) in [4.78, 5) is 0. The third kappa shape index (κ3) is 4.82. The van der Waals surface area contributed by atoms with Crippen LogP contribution in [0.2, 0.25) is 0 Å². The maximum Gasteiger partial charge on any atom is 0.0562 e. The Morgan fingerprint density at radius 3 is 1.93 bits per heavy atom. The highest BCUT2D eigenvalue weighted by atomic mass is 16.3. The van der Waals surface area contributed by atoms with Crippen LogP contribution >= 0.6 is 0 Å². The Morgan fingerprint density at radius 1 is 0.931 bits per heavy atom. The zero-order chi connectivity index (χ0) is 21.7. The Balaban J connectivity index is 2.54. The van der Waals surface area contributed by atoms with Crippen LogP contribution in [0, 0.1) is 0 Å². The molecule has 0 saturated heterocycles. The molecule has 0 bridgehead atoms. The first-order valence-corrected chi connectivity index (χ1v) is 10.8. The SMILES string of the molecule is C=C(C)C(C)(CO)c1cccc(C(CCC)c2cccc(C(C)(CC)CO)c2)c1. The van der Waals surface area contributed by atoms with E-state index in [2.05, 4.69) is 82.8 Å². The number of aliphatic hydroxyl groups excluding tert-OH is 2. The summed E-state index contributed by atoms with van der Waals surface area (Å²) in [5.74, 6) is 0.285. The van der Waals surface area contributed by atoms with E-state index in [1.165, 1.54) is 16.7 Å². The first kappa shape index (κ1) is 23.4. The first-order chi connectivity index (χ1) is 13.8. The van der Waals surface area contributed by atoms with Crippen LogP contribution in [0.15, 0.2) is 60.7 Å². The van der Waals surface area contributed by atoms with Gasteiger partial charge in [-0.15, -0.1) is 0 Å². The predicted molar refractivity (Wildman–Crippen MR) is 124 cm³/mol. The zero-order valence-electron chi connectivity index (χ0n) is 18.8. The van der Waals surface area contributed by atoms with Crippen LogP contribution < -0.4 is 0 Å². The predicted octanol–water partition coefficient (Wildman–Crippen LogP) is 6.10. The largest absolute Gasteiger partial charge is 0.395 e. The van der Waals surface area contributed by atoms with E-state index < -0.39 is 5.41 Å². The molecular formula is C27H38O2. The summed E-state index contributed by atoms with van der Waals surface area (Å²) in [6, 6.07) is 17.3. The molecule has 2 heteroatoms. The topological polar surface area (TPSA) is 40.5 Å². The smallest absolute Gasteiger partial charge is 0.0562 e. The van der Waals surface area contributed by atoms with Gasteiger partial charge >= 0.3 is 0 Å². The molecule has 0 heterocycles. The van der Waals surface area contributed by atoms with Gasteiger partial charge in [0, 0.05) is 16.7 Å². The van der Waals surface area contributed by atoms with Gasteiger partial charge in [0.2, 0.25) is 0 Å². The van der Waals surface area contributed by atoms with Gasteiger partial charge in [0.25, 0.3) is 0 Å². The van der Waals surface area contributed by atoms with Gasteiger partial charge in [-0.3, -0.25) is 0 Å². The summed E-state index contributed by atoms with van der Waals surface area (Å²) in [5.41, 5.74) is 5.17. The average molecular weight is 395 g/mol. The van der Waals surface area contributed by atoms with E-state index in [-0.39, 0.29) is 24.5 Å². The summed E-state index contributed by atoms with van der Waals surface area (Å²) < 4.78 is 0. The van der Waals surface area contributed by atoms with Gasteiger partial charge in [0.15, 0.2) is 0 Å². The van der Waals surface area contributed by atoms with Crippen molar-refractivity contribution in [1.29, 1.82) is 0 Å². The van der Waals surface area contributed by atoms with Crippen LogP contribution in [-0.4, -0.2) is 23.4 Å². The summed E-state index contributed by atoms with van der Waals surface area (Å²) in [7, 11) is 0. The lowest BCUT2D eigenvalue weighted by Gasteiger charge is -2.30. The molecule has 0 aliphatic carbocycles. The van der Waals surface area contributed by atoms with Crippen molar-refractivity contribution in [3.63, 3.8) is 0 Å². The third-order valence-electron chi connectivity index (χ3n) is 6.88. The van der Waals surface area contributed by atoms with Gasteiger partial charge in [-0.1, -0.05) is 87.9 Å². The fourth-order valence-electron chi connectivity index (χ4n) is 3.92. The van der Waals surface area contributed by atoms with Crippen molar-refractivity contribution in [2.75, 3.05) is 13.2 Å². The highest BCUT2D eigenvalue weighted by Gasteiger charge is 2.28. The first-order valence-electron chi connectivity index (χ1n) is 10.8. The van der Waals surface area contributed by atoms with E-state index in [0.717, 1.165) is 30.4 Å². The highest BCUT2D eigenvalue weighted by Crippen LogP contribution is 2.37. The van der Waals surface area contributed by atoms with E-state index in [1.807, 2.05) is 6.92 Å². The second-order valence-corrected chi connectivity index (χ2v) is 8.94.